The topological polar surface area (TPSA) is 43.2 Å². The zero-order valence-electron chi connectivity index (χ0n) is 13.0. The largest absolute Gasteiger partial charge is 0.368 e. The molecule has 1 aromatic carbocycles. The molecule has 4 rings (SSSR count). The van der Waals surface area contributed by atoms with Crippen molar-refractivity contribution in [3.8, 4) is 0 Å². The third-order valence-corrected chi connectivity index (χ3v) is 4.91. The van der Waals surface area contributed by atoms with Crippen molar-refractivity contribution in [2.45, 2.75) is 31.4 Å². The average Bonchev–Trinajstić information content (AvgIpc) is 3.00. The van der Waals surface area contributed by atoms with E-state index in [1.54, 1.807) is 6.33 Å². The molecule has 116 valence electrons. The second-order valence-corrected chi connectivity index (χ2v) is 6.26. The summed E-state index contributed by atoms with van der Waals surface area (Å²) in [5, 5.41) is 8.21. The summed E-state index contributed by atoms with van der Waals surface area (Å²) in [7, 11) is 1.98. The molecule has 1 saturated heterocycles. The van der Waals surface area contributed by atoms with Gasteiger partial charge in [0, 0.05) is 26.2 Å². The number of ether oxygens (including phenoxy) is 1. The van der Waals surface area contributed by atoms with Crippen LogP contribution in [0.4, 0.5) is 0 Å². The number of hydrogen-bond acceptors (Lipinski definition) is 4. The molecular formula is C17H22N4O. The maximum Gasteiger partial charge on any atom is 0.163 e. The van der Waals surface area contributed by atoms with E-state index in [2.05, 4.69) is 39.4 Å². The molecule has 0 unspecified atom stereocenters. The molecule has 0 N–H and O–H groups in total. The van der Waals surface area contributed by atoms with Crippen molar-refractivity contribution in [1.82, 2.24) is 19.7 Å². The molecule has 0 bridgehead atoms. The number of benzene rings is 1. The van der Waals surface area contributed by atoms with Gasteiger partial charge in [-0.1, -0.05) is 24.3 Å². The van der Waals surface area contributed by atoms with Crippen molar-refractivity contribution in [3.05, 3.63) is 47.5 Å². The van der Waals surface area contributed by atoms with Gasteiger partial charge in [0.15, 0.2) is 5.82 Å². The third kappa shape index (κ3) is 2.44. The first-order valence-electron chi connectivity index (χ1n) is 8.10. The van der Waals surface area contributed by atoms with E-state index < -0.39 is 0 Å². The van der Waals surface area contributed by atoms with Crippen molar-refractivity contribution in [1.29, 1.82) is 0 Å². The first-order valence-corrected chi connectivity index (χ1v) is 8.10. The van der Waals surface area contributed by atoms with Gasteiger partial charge in [-0.3, -0.25) is 4.90 Å². The quantitative estimate of drug-likeness (QED) is 0.853. The van der Waals surface area contributed by atoms with Gasteiger partial charge in [0.25, 0.3) is 0 Å². The summed E-state index contributed by atoms with van der Waals surface area (Å²) in [6.07, 6.45) is 5.49. The summed E-state index contributed by atoms with van der Waals surface area (Å²) in [5.41, 5.74) is 3.02. The van der Waals surface area contributed by atoms with E-state index in [0.717, 1.165) is 25.5 Å². The van der Waals surface area contributed by atoms with Crippen LogP contribution in [-0.4, -0.2) is 39.4 Å². The molecule has 1 aromatic heterocycles. The number of morpholine rings is 1. The van der Waals surface area contributed by atoms with E-state index in [1.165, 1.54) is 30.4 Å². The maximum absolute atomic E-state index is 5.95. The van der Waals surface area contributed by atoms with Gasteiger partial charge in [0.2, 0.25) is 0 Å². The van der Waals surface area contributed by atoms with Crippen molar-refractivity contribution >= 4 is 0 Å². The summed E-state index contributed by atoms with van der Waals surface area (Å²) in [5.74, 6) is 0.925. The monoisotopic (exact) mass is 298 g/mol. The Morgan fingerprint density at radius 2 is 2.18 bits per heavy atom. The van der Waals surface area contributed by atoms with Gasteiger partial charge < -0.3 is 9.30 Å². The van der Waals surface area contributed by atoms with Gasteiger partial charge in [0.1, 0.15) is 12.4 Å². The van der Waals surface area contributed by atoms with Crippen molar-refractivity contribution in [2.24, 2.45) is 7.05 Å². The highest BCUT2D eigenvalue weighted by Gasteiger charge is 2.32. The summed E-state index contributed by atoms with van der Waals surface area (Å²) in [4.78, 5) is 2.57. The Kier molecular flexibility index (Phi) is 3.68. The molecule has 5 heteroatoms. The van der Waals surface area contributed by atoms with E-state index in [1.807, 2.05) is 11.6 Å². The summed E-state index contributed by atoms with van der Waals surface area (Å²) in [6, 6.07) is 9.42. The fourth-order valence-electron chi connectivity index (χ4n) is 3.80. The fourth-order valence-corrected chi connectivity index (χ4v) is 3.80. The smallest absolute Gasteiger partial charge is 0.163 e. The predicted molar refractivity (Wildman–Crippen MR) is 83.4 cm³/mol. The van der Waals surface area contributed by atoms with Gasteiger partial charge in [-0.05, 0) is 30.4 Å². The first kappa shape index (κ1) is 13.9. The number of aryl methyl sites for hydroxylation is 2. The van der Waals surface area contributed by atoms with Crippen LogP contribution in [0.25, 0.3) is 0 Å². The van der Waals surface area contributed by atoms with Crippen LogP contribution in [-0.2, 0) is 18.2 Å². The predicted octanol–water partition coefficient (Wildman–Crippen LogP) is 2.27. The van der Waals surface area contributed by atoms with Crippen LogP contribution in [0.5, 0.6) is 0 Å². The van der Waals surface area contributed by atoms with Crippen LogP contribution >= 0.6 is 0 Å². The van der Waals surface area contributed by atoms with Crippen molar-refractivity contribution < 1.29 is 4.74 Å². The van der Waals surface area contributed by atoms with Crippen LogP contribution < -0.4 is 0 Å². The number of hydrogen-bond donors (Lipinski definition) is 0. The Hall–Kier alpha value is -1.72. The van der Waals surface area contributed by atoms with Crippen LogP contribution in [0.15, 0.2) is 30.6 Å². The molecule has 0 spiro atoms. The minimum Gasteiger partial charge on any atom is -0.368 e. The SMILES string of the molecule is Cn1cnnc1[C@@H]1CN([C@H]2CCCc3ccccc32)CCO1. The number of rotatable bonds is 2. The molecule has 1 aliphatic heterocycles. The summed E-state index contributed by atoms with van der Waals surface area (Å²) in [6.45, 7) is 2.65. The molecule has 0 saturated carbocycles. The average molecular weight is 298 g/mol. The van der Waals surface area contributed by atoms with Crippen LogP contribution in [0.2, 0.25) is 0 Å². The van der Waals surface area contributed by atoms with E-state index in [0.29, 0.717) is 6.04 Å². The molecule has 1 fully saturated rings. The minimum atomic E-state index is 0.0235. The van der Waals surface area contributed by atoms with Crippen LogP contribution in [0.1, 0.15) is 41.9 Å². The Morgan fingerprint density at radius 3 is 3.05 bits per heavy atom. The Labute approximate surface area is 130 Å². The van der Waals surface area contributed by atoms with Crippen LogP contribution in [0, 0.1) is 0 Å². The zero-order chi connectivity index (χ0) is 14.9. The fraction of sp³-hybridized carbons (Fsp3) is 0.529. The second-order valence-electron chi connectivity index (χ2n) is 6.26. The van der Waals surface area contributed by atoms with E-state index >= 15 is 0 Å². The minimum absolute atomic E-state index is 0.0235. The molecule has 0 amide bonds. The Balaban J connectivity index is 1.57. The zero-order valence-corrected chi connectivity index (χ0v) is 13.0. The molecule has 2 aliphatic rings. The highest BCUT2D eigenvalue weighted by molar-refractivity contribution is 5.32. The van der Waals surface area contributed by atoms with Gasteiger partial charge in [-0.15, -0.1) is 10.2 Å². The lowest BCUT2D eigenvalue weighted by atomic mass is 9.86. The third-order valence-electron chi connectivity index (χ3n) is 4.91. The second kappa shape index (κ2) is 5.82. The molecule has 1 aliphatic carbocycles. The lowest BCUT2D eigenvalue weighted by Crippen LogP contribution is -2.42. The highest BCUT2D eigenvalue weighted by Crippen LogP contribution is 2.36. The number of nitrogens with zero attached hydrogens (tertiary/aromatic N) is 4. The van der Waals surface area contributed by atoms with Gasteiger partial charge in [0.05, 0.1) is 6.61 Å². The van der Waals surface area contributed by atoms with E-state index in [-0.39, 0.29) is 6.10 Å². The number of aromatic nitrogens is 3. The Bertz CT molecular complexity index is 654. The number of fused-ring (bicyclic) bond motifs is 1. The standard InChI is InChI=1S/C17H22N4O/c1-20-12-18-19-17(20)16-11-21(9-10-22-16)15-8-4-6-13-5-2-3-7-14(13)15/h2-3,5,7,12,15-16H,4,6,8-11H2,1H3/t15-,16-/m0/s1. The molecule has 0 radical (unpaired) electrons. The van der Waals surface area contributed by atoms with Gasteiger partial charge in [-0.2, -0.15) is 0 Å². The molecule has 2 aromatic rings. The van der Waals surface area contributed by atoms with E-state index in [4.69, 9.17) is 4.74 Å². The van der Waals surface area contributed by atoms with Crippen LogP contribution in [0.3, 0.4) is 0 Å². The molecule has 5 nitrogen and oxygen atoms in total. The summed E-state index contributed by atoms with van der Waals surface area (Å²) < 4.78 is 7.91. The summed E-state index contributed by atoms with van der Waals surface area (Å²) >= 11 is 0. The maximum atomic E-state index is 5.95. The van der Waals surface area contributed by atoms with Gasteiger partial charge in [-0.25, -0.2) is 0 Å². The molecule has 2 atom stereocenters. The lowest BCUT2D eigenvalue weighted by molar-refractivity contribution is -0.0530. The molecular weight excluding hydrogens is 276 g/mol. The van der Waals surface area contributed by atoms with Gasteiger partial charge >= 0.3 is 0 Å². The van der Waals surface area contributed by atoms with Crippen molar-refractivity contribution in [2.75, 3.05) is 19.7 Å². The molecule has 22 heavy (non-hydrogen) atoms. The van der Waals surface area contributed by atoms with Crippen molar-refractivity contribution in [3.63, 3.8) is 0 Å². The normalized spacial score (nSPS) is 25.9. The lowest BCUT2D eigenvalue weighted by Gasteiger charge is -2.40. The Morgan fingerprint density at radius 1 is 1.27 bits per heavy atom. The highest BCUT2D eigenvalue weighted by atomic mass is 16.5. The van der Waals surface area contributed by atoms with E-state index in [9.17, 15) is 0 Å². The first-order chi connectivity index (χ1) is 10.8. The molecule has 2 heterocycles.